The maximum atomic E-state index is 12.6. The number of carbonyl (C=O) groups excluding carboxylic acids is 2. The summed E-state index contributed by atoms with van der Waals surface area (Å²) in [7, 11) is 0. The van der Waals surface area contributed by atoms with Crippen LogP contribution in [0, 0.1) is 12.3 Å². The van der Waals surface area contributed by atoms with Gasteiger partial charge in [-0.2, -0.15) is 0 Å². The fourth-order valence-electron chi connectivity index (χ4n) is 2.07. The lowest BCUT2D eigenvalue weighted by Crippen LogP contribution is -2.49. The van der Waals surface area contributed by atoms with Crippen LogP contribution in [0.25, 0.3) is 0 Å². The van der Waals surface area contributed by atoms with Gasteiger partial charge < -0.3 is 15.2 Å². The molecule has 128 valence electrons. The first-order chi connectivity index (χ1) is 11.3. The molecule has 6 heteroatoms. The van der Waals surface area contributed by atoms with Crippen molar-refractivity contribution in [1.29, 1.82) is 0 Å². The molecular formula is C18H23N3O3. The molecular weight excluding hydrogens is 306 g/mol. The van der Waals surface area contributed by atoms with Crippen LogP contribution in [0.5, 0.6) is 0 Å². The molecule has 24 heavy (non-hydrogen) atoms. The Hall–Kier alpha value is -2.63. The van der Waals surface area contributed by atoms with Gasteiger partial charge in [0, 0.05) is 17.9 Å². The van der Waals surface area contributed by atoms with Crippen LogP contribution in [0.3, 0.4) is 0 Å². The zero-order valence-electron chi connectivity index (χ0n) is 14.4. The molecule has 0 aliphatic carbocycles. The second-order valence-electron chi connectivity index (χ2n) is 6.78. The third-order valence-electron chi connectivity index (χ3n) is 3.46. The van der Waals surface area contributed by atoms with E-state index in [4.69, 9.17) is 4.52 Å². The number of hydrogen-bond acceptors (Lipinski definition) is 4. The van der Waals surface area contributed by atoms with Gasteiger partial charge in [-0.25, -0.2) is 0 Å². The van der Waals surface area contributed by atoms with E-state index in [-0.39, 0.29) is 11.8 Å². The van der Waals surface area contributed by atoms with E-state index in [0.717, 1.165) is 5.56 Å². The minimum atomic E-state index is -0.698. The van der Waals surface area contributed by atoms with Gasteiger partial charge in [-0.05, 0) is 12.5 Å². The summed E-state index contributed by atoms with van der Waals surface area (Å²) in [6.07, 6.45) is 0.394. The van der Waals surface area contributed by atoms with E-state index >= 15 is 0 Å². The summed E-state index contributed by atoms with van der Waals surface area (Å²) < 4.78 is 4.95. The van der Waals surface area contributed by atoms with Gasteiger partial charge in [-0.3, -0.25) is 9.59 Å². The fourth-order valence-corrected chi connectivity index (χ4v) is 2.07. The molecule has 0 saturated heterocycles. The molecule has 6 nitrogen and oxygen atoms in total. The number of carbonyl (C=O) groups is 2. The summed E-state index contributed by atoms with van der Waals surface area (Å²) in [5.74, 6) is 0.420. The maximum absolute atomic E-state index is 12.6. The van der Waals surface area contributed by atoms with Crippen LogP contribution >= 0.6 is 0 Å². The summed E-state index contributed by atoms with van der Waals surface area (Å²) in [5, 5.41) is 9.26. The van der Waals surface area contributed by atoms with Crippen molar-refractivity contribution in [2.45, 2.75) is 40.2 Å². The molecule has 0 bridgehead atoms. The second kappa shape index (κ2) is 7.29. The lowest BCUT2D eigenvalue weighted by molar-refractivity contribution is -0.132. The molecule has 1 heterocycles. The summed E-state index contributed by atoms with van der Waals surface area (Å²) >= 11 is 0. The molecule has 2 aromatic rings. The van der Waals surface area contributed by atoms with Crippen LogP contribution in [0.2, 0.25) is 0 Å². The van der Waals surface area contributed by atoms with E-state index in [0.29, 0.717) is 18.0 Å². The standard InChI is InChI=1S/C18H23N3O3/c1-12-10-15(21-24-12)20-16(22)14(19-17(23)18(2,3)4)11-13-8-6-5-7-9-13/h5-10,14H,11H2,1-4H3,(H,19,23)(H,20,21,22). The number of nitrogens with zero attached hydrogens (tertiary/aromatic N) is 1. The summed E-state index contributed by atoms with van der Waals surface area (Å²) in [6, 6.07) is 10.5. The van der Waals surface area contributed by atoms with Crippen molar-refractivity contribution in [3.63, 3.8) is 0 Å². The number of anilines is 1. The first-order valence-corrected chi connectivity index (χ1v) is 7.85. The lowest BCUT2D eigenvalue weighted by atomic mass is 9.94. The maximum Gasteiger partial charge on any atom is 0.248 e. The Morgan fingerprint density at radius 2 is 1.88 bits per heavy atom. The molecule has 0 aliphatic rings. The number of rotatable bonds is 5. The largest absolute Gasteiger partial charge is 0.360 e. The van der Waals surface area contributed by atoms with E-state index in [1.807, 2.05) is 30.3 Å². The van der Waals surface area contributed by atoms with Crippen molar-refractivity contribution in [3.05, 3.63) is 47.7 Å². The third-order valence-corrected chi connectivity index (χ3v) is 3.46. The van der Waals surface area contributed by atoms with E-state index in [2.05, 4.69) is 15.8 Å². The highest BCUT2D eigenvalue weighted by Gasteiger charge is 2.28. The van der Waals surface area contributed by atoms with E-state index < -0.39 is 11.5 Å². The van der Waals surface area contributed by atoms with E-state index in [1.54, 1.807) is 33.8 Å². The first-order valence-electron chi connectivity index (χ1n) is 7.85. The molecule has 0 radical (unpaired) electrons. The third kappa shape index (κ3) is 4.94. The SMILES string of the molecule is Cc1cc(NC(=O)C(Cc2ccccc2)NC(=O)C(C)(C)C)no1. The normalized spacial score (nSPS) is 12.5. The van der Waals surface area contributed by atoms with E-state index in [1.165, 1.54) is 0 Å². The summed E-state index contributed by atoms with van der Waals surface area (Å²) in [5.41, 5.74) is 0.378. The highest BCUT2D eigenvalue weighted by molar-refractivity contribution is 5.97. The Balaban J connectivity index is 2.14. The quantitative estimate of drug-likeness (QED) is 0.883. The molecule has 1 aromatic carbocycles. The number of aryl methyl sites for hydroxylation is 1. The van der Waals surface area contributed by atoms with Crippen LogP contribution in [-0.4, -0.2) is 23.0 Å². The molecule has 0 aliphatic heterocycles. The van der Waals surface area contributed by atoms with Crippen molar-refractivity contribution < 1.29 is 14.1 Å². The Bertz CT molecular complexity index is 702. The van der Waals surface area contributed by atoms with Crippen molar-refractivity contribution in [1.82, 2.24) is 10.5 Å². The Kier molecular flexibility index (Phi) is 5.39. The molecule has 2 amide bonds. The van der Waals surface area contributed by atoms with Gasteiger partial charge >= 0.3 is 0 Å². The number of hydrogen-bond donors (Lipinski definition) is 2. The van der Waals surface area contributed by atoms with Gasteiger partial charge in [0.2, 0.25) is 11.8 Å². The van der Waals surface area contributed by atoms with Crippen LogP contribution in [0.4, 0.5) is 5.82 Å². The summed E-state index contributed by atoms with van der Waals surface area (Å²) in [6.45, 7) is 7.16. The minimum Gasteiger partial charge on any atom is -0.360 e. The van der Waals surface area contributed by atoms with Crippen LogP contribution in [0.15, 0.2) is 40.9 Å². The Labute approximate surface area is 141 Å². The highest BCUT2D eigenvalue weighted by atomic mass is 16.5. The zero-order valence-corrected chi connectivity index (χ0v) is 14.4. The van der Waals surface area contributed by atoms with Crippen molar-refractivity contribution >= 4 is 17.6 Å². The molecule has 1 aromatic heterocycles. The van der Waals surface area contributed by atoms with E-state index in [9.17, 15) is 9.59 Å². The number of aromatic nitrogens is 1. The Morgan fingerprint density at radius 1 is 1.21 bits per heavy atom. The monoisotopic (exact) mass is 329 g/mol. The topological polar surface area (TPSA) is 84.2 Å². The van der Waals surface area contributed by atoms with Gasteiger partial charge in [-0.15, -0.1) is 0 Å². The molecule has 1 atom stereocenters. The van der Waals surface area contributed by atoms with Crippen molar-refractivity contribution in [2.24, 2.45) is 5.41 Å². The predicted molar refractivity (Wildman–Crippen MR) is 91.4 cm³/mol. The van der Waals surface area contributed by atoms with Gasteiger partial charge in [0.1, 0.15) is 11.8 Å². The van der Waals surface area contributed by atoms with Crippen molar-refractivity contribution in [2.75, 3.05) is 5.32 Å². The Morgan fingerprint density at radius 3 is 2.42 bits per heavy atom. The zero-order chi connectivity index (χ0) is 17.7. The first kappa shape index (κ1) is 17.7. The fraction of sp³-hybridized carbons (Fsp3) is 0.389. The molecule has 1 unspecified atom stereocenters. The average molecular weight is 329 g/mol. The molecule has 0 spiro atoms. The average Bonchev–Trinajstić information content (AvgIpc) is 2.91. The van der Waals surface area contributed by atoms with Crippen molar-refractivity contribution in [3.8, 4) is 0 Å². The van der Waals surface area contributed by atoms with Gasteiger partial charge in [0.25, 0.3) is 0 Å². The van der Waals surface area contributed by atoms with Crippen LogP contribution < -0.4 is 10.6 Å². The smallest absolute Gasteiger partial charge is 0.248 e. The molecule has 2 rings (SSSR count). The predicted octanol–water partition coefficient (Wildman–Crippen LogP) is 2.70. The second-order valence-corrected chi connectivity index (χ2v) is 6.78. The number of nitrogens with one attached hydrogen (secondary N) is 2. The van der Waals surface area contributed by atoms with Gasteiger partial charge in [0.15, 0.2) is 5.82 Å². The minimum absolute atomic E-state index is 0.185. The van der Waals surface area contributed by atoms with Crippen LogP contribution in [-0.2, 0) is 16.0 Å². The summed E-state index contributed by atoms with van der Waals surface area (Å²) in [4.78, 5) is 24.9. The number of benzene rings is 1. The van der Waals surface area contributed by atoms with Crippen LogP contribution in [0.1, 0.15) is 32.1 Å². The highest BCUT2D eigenvalue weighted by Crippen LogP contribution is 2.15. The lowest BCUT2D eigenvalue weighted by Gasteiger charge is -2.23. The molecule has 0 fully saturated rings. The molecule has 0 saturated carbocycles. The molecule has 2 N–H and O–H groups in total. The van der Waals surface area contributed by atoms with Gasteiger partial charge in [0.05, 0.1) is 0 Å². The van der Waals surface area contributed by atoms with Gasteiger partial charge in [-0.1, -0.05) is 56.3 Å². The number of amides is 2.